The van der Waals surface area contributed by atoms with Crippen LogP contribution in [0.5, 0.6) is 5.75 Å². The lowest BCUT2D eigenvalue weighted by atomic mass is 9.87. The molecule has 0 saturated carbocycles. The van der Waals surface area contributed by atoms with Crippen LogP contribution in [0.3, 0.4) is 0 Å². The van der Waals surface area contributed by atoms with E-state index in [1.54, 1.807) is 26.0 Å². The number of aliphatic hydroxyl groups excluding tert-OH is 1. The molecule has 0 spiro atoms. The van der Waals surface area contributed by atoms with Gasteiger partial charge in [-0.15, -0.1) is 0 Å². The number of carboxylic acid groups (broad SMARTS) is 1. The summed E-state index contributed by atoms with van der Waals surface area (Å²) in [5.74, 6) is -1.16. The monoisotopic (exact) mass is 266 g/mol. The summed E-state index contributed by atoms with van der Waals surface area (Å²) in [4.78, 5) is 10.9. The number of hydrogen-bond acceptors (Lipinski definition) is 3. The van der Waals surface area contributed by atoms with Gasteiger partial charge in [-0.2, -0.15) is 0 Å². The van der Waals surface area contributed by atoms with Crippen LogP contribution in [0.2, 0.25) is 0 Å². The Balaban J connectivity index is 2.81. The van der Waals surface area contributed by atoms with Crippen LogP contribution in [0, 0.1) is 11.8 Å². The van der Waals surface area contributed by atoms with Gasteiger partial charge in [-0.05, 0) is 30.0 Å². The van der Waals surface area contributed by atoms with Crippen LogP contribution < -0.4 is 4.74 Å². The molecule has 3 unspecified atom stereocenters. The quantitative estimate of drug-likeness (QED) is 0.796. The molecule has 19 heavy (non-hydrogen) atoms. The summed E-state index contributed by atoms with van der Waals surface area (Å²) < 4.78 is 5.51. The van der Waals surface area contributed by atoms with E-state index in [0.29, 0.717) is 17.9 Å². The molecule has 1 aromatic carbocycles. The van der Waals surface area contributed by atoms with Crippen molar-refractivity contribution in [2.45, 2.75) is 33.3 Å². The van der Waals surface area contributed by atoms with E-state index in [-0.39, 0.29) is 5.92 Å². The lowest BCUT2D eigenvalue weighted by Gasteiger charge is -2.23. The molecule has 4 nitrogen and oxygen atoms in total. The molecule has 0 aromatic heterocycles. The Labute approximate surface area is 114 Å². The topological polar surface area (TPSA) is 66.8 Å². The third-order valence-corrected chi connectivity index (χ3v) is 3.35. The van der Waals surface area contributed by atoms with Gasteiger partial charge in [0.1, 0.15) is 5.75 Å². The second-order valence-corrected chi connectivity index (χ2v) is 4.85. The van der Waals surface area contributed by atoms with E-state index in [0.717, 1.165) is 6.42 Å². The summed E-state index contributed by atoms with van der Waals surface area (Å²) in [5, 5.41) is 19.2. The molecule has 106 valence electrons. The van der Waals surface area contributed by atoms with Gasteiger partial charge in [-0.3, -0.25) is 4.79 Å². The molecule has 0 bridgehead atoms. The van der Waals surface area contributed by atoms with Gasteiger partial charge < -0.3 is 14.9 Å². The first-order chi connectivity index (χ1) is 8.97. The van der Waals surface area contributed by atoms with Crippen LogP contribution >= 0.6 is 0 Å². The summed E-state index contributed by atoms with van der Waals surface area (Å²) in [6.07, 6.45) is 0.107. The maximum atomic E-state index is 10.9. The van der Waals surface area contributed by atoms with Crippen molar-refractivity contribution in [3.05, 3.63) is 29.8 Å². The standard InChI is InChI=1S/C15H22O4/c1-4-8-19-13-7-5-6-12(9-13)14(16)10(2)11(3)15(17)18/h5-7,9-11,14,16H,4,8H2,1-3H3,(H,17,18). The van der Waals surface area contributed by atoms with Crippen LogP contribution in [0.15, 0.2) is 24.3 Å². The van der Waals surface area contributed by atoms with Gasteiger partial charge in [0.05, 0.1) is 18.6 Å². The first kappa shape index (κ1) is 15.5. The smallest absolute Gasteiger partial charge is 0.306 e. The number of carboxylic acids is 1. The van der Waals surface area contributed by atoms with Gasteiger partial charge in [0.2, 0.25) is 0 Å². The highest BCUT2D eigenvalue weighted by atomic mass is 16.5. The largest absolute Gasteiger partial charge is 0.494 e. The van der Waals surface area contributed by atoms with Crippen molar-refractivity contribution in [3.8, 4) is 5.75 Å². The van der Waals surface area contributed by atoms with Gasteiger partial charge in [-0.1, -0.05) is 32.9 Å². The summed E-state index contributed by atoms with van der Waals surface area (Å²) >= 11 is 0. The fourth-order valence-corrected chi connectivity index (χ4v) is 1.81. The minimum absolute atomic E-state index is 0.362. The summed E-state index contributed by atoms with van der Waals surface area (Å²) in [7, 11) is 0. The van der Waals surface area contributed by atoms with Crippen LogP contribution in [-0.4, -0.2) is 22.8 Å². The fourth-order valence-electron chi connectivity index (χ4n) is 1.81. The van der Waals surface area contributed by atoms with E-state index in [1.165, 1.54) is 0 Å². The minimum Gasteiger partial charge on any atom is -0.494 e. The zero-order valence-corrected chi connectivity index (χ0v) is 11.7. The van der Waals surface area contributed by atoms with Crippen LogP contribution in [0.25, 0.3) is 0 Å². The van der Waals surface area contributed by atoms with Crippen molar-refractivity contribution in [1.29, 1.82) is 0 Å². The molecule has 3 atom stereocenters. The van der Waals surface area contributed by atoms with Crippen molar-refractivity contribution in [1.82, 2.24) is 0 Å². The number of rotatable bonds is 7. The second kappa shape index (κ2) is 7.14. The highest BCUT2D eigenvalue weighted by Crippen LogP contribution is 2.29. The molecule has 1 aromatic rings. The van der Waals surface area contributed by atoms with Crippen LogP contribution in [-0.2, 0) is 4.79 Å². The molecule has 0 aliphatic carbocycles. The number of aliphatic hydroxyl groups is 1. The lowest BCUT2D eigenvalue weighted by Crippen LogP contribution is -2.23. The van der Waals surface area contributed by atoms with Crippen molar-refractivity contribution in [2.24, 2.45) is 11.8 Å². The molecule has 0 fully saturated rings. The molecule has 0 aliphatic heterocycles. The first-order valence-corrected chi connectivity index (χ1v) is 6.61. The Hall–Kier alpha value is -1.55. The van der Waals surface area contributed by atoms with E-state index in [1.807, 2.05) is 19.1 Å². The molecule has 0 heterocycles. The zero-order chi connectivity index (χ0) is 14.4. The zero-order valence-electron chi connectivity index (χ0n) is 11.7. The van der Waals surface area contributed by atoms with Crippen molar-refractivity contribution < 1.29 is 19.7 Å². The van der Waals surface area contributed by atoms with Crippen molar-refractivity contribution in [2.75, 3.05) is 6.61 Å². The predicted molar refractivity (Wildman–Crippen MR) is 73.2 cm³/mol. The third kappa shape index (κ3) is 4.24. The SMILES string of the molecule is CCCOc1cccc(C(O)C(C)C(C)C(=O)O)c1. The Kier molecular flexibility index (Phi) is 5.83. The molecule has 2 N–H and O–H groups in total. The highest BCUT2D eigenvalue weighted by molar-refractivity contribution is 5.69. The Bertz CT molecular complexity index is 416. The number of hydrogen-bond donors (Lipinski definition) is 2. The number of aliphatic carboxylic acids is 1. The van der Waals surface area contributed by atoms with Crippen molar-refractivity contribution >= 4 is 5.97 Å². The maximum Gasteiger partial charge on any atom is 0.306 e. The lowest BCUT2D eigenvalue weighted by molar-refractivity contribution is -0.144. The fraction of sp³-hybridized carbons (Fsp3) is 0.533. The molecule has 0 amide bonds. The number of benzene rings is 1. The Morgan fingerprint density at radius 1 is 1.37 bits per heavy atom. The van der Waals surface area contributed by atoms with Gasteiger partial charge in [0, 0.05) is 0 Å². The van der Waals surface area contributed by atoms with E-state index in [4.69, 9.17) is 9.84 Å². The van der Waals surface area contributed by atoms with Crippen LogP contribution in [0.4, 0.5) is 0 Å². The van der Waals surface area contributed by atoms with Crippen LogP contribution in [0.1, 0.15) is 38.9 Å². The molecule has 4 heteroatoms. The Morgan fingerprint density at radius 3 is 2.63 bits per heavy atom. The first-order valence-electron chi connectivity index (χ1n) is 6.61. The molecule has 0 saturated heterocycles. The van der Waals surface area contributed by atoms with Gasteiger partial charge in [0.25, 0.3) is 0 Å². The minimum atomic E-state index is -0.898. The summed E-state index contributed by atoms with van der Waals surface area (Å²) in [5.41, 5.74) is 0.689. The molecule has 0 radical (unpaired) electrons. The van der Waals surface area contributed by atoms with E-state index < -0.39 is 18.0 Å². The van der Waals surface area contributed by atoms with Gasteiger partial charge in [0.15, 0.2) is 0 Å². The Morgan fingerprint density at radius 2 is 2.05 bits per heavy atom. The number of ether oxygens (including phenoxy) is 1. The normalized spacial score (nSPS) is 15.6. The molecular formula is C15H22O4. The van der Waals surface area contributed by atoms with E-state index in [9.17, 15) is 9.90 Å². The molecular weight excluding hydrogens is 244 g/mol. The predicted octanol–water partition coefficient (Wildman–Crippen LogP) is 2.87. The maximum absolute atomic E-state index is 10.9. The second-order valence-electron chi connectivity index (χ2n) is 4.85. The summed E-state index contributed by atoms with van der Waals surface area (Å²) in [6.45, 7) is 5.99. The van der Waals surface area contributed by atoms with E-state index >= 15 is 0 Å². The average Bonchev–Trinajstić information content (AvgIpc) is 2.42. The number of carbonyl (C=O) groups is 1. The third-order valence-electron chi connectivity index (χ3n) is 3.35. The van der Waals surface area contributed by atoms with Gasteiger partial charge >= 0.3 is 5.97 Å². The average molecular weight is 266 g/mol. The molecule has 1 rings (SSSR count). The van der Waals surface area contributed by atoms with Crippen molar-refractivity contribution in [3.63, 3.8) is 0 Å². The van der Waals surface area contributed by atoms with E-state index in [2.05, 4.69) is 0 Å². The molecule has 0 aliphatic rings. The highest BCUT2D eigenvalue weighted by Gasteiger charge is 2.27. The van der Waals surface area contributed by atoms with Gasteiger partial charge in [-0.25, -0.2) is 0 Å². The summed E-state index contributed by atoms with van der Waals surface area (Å²) in [6, 6.07) is 7.19.